The summed E-state index contributed by atoms with van der Waals surface area (Å²) in [4.78, 5) is 26.6. The summed E-state index contributed by atoms with van der Waals surface area (Å²) in [6.07, 6.45) is 14.0. The van der Waals surface area contributed by atoms with E-state index >= 15 is 0 Å². The van der Waals surface area contributed by atoms with Crippen LogP contribution in [-0.4, -0.2) is 25.4 Å². The number of benzene rings is 1. The van der Waals surface area contributed by atoms with Crippen LogP contribution in [0.25, 0.3) is 28.2 Å². The van der Waals surface area contributed by atoms with E-state index in [-0.39, 0.29) is 11.8 Å². The molecule has 7 nitrogen and oxygen atoms in total. The molecule has 2 aliphatic carbocycles. The SMILES string of the molecule is Cc1cnc2c(c1)nc(-c1cccnc1N)n2-c1ccc(CNC(=O)C2CC3C=CC=CC3C2)cc1. The number of carbonyl (C=O) groups excluding carboxylic acids is 1. The molecule has 0 aliphatic heterocycles. The third kappa shape index (κ3) is 4.06. The van der Waals surface area contributed by atoms with E-state index < -0.39 is 0 Å². The molecule has 180 valence electrons. The summed E-state index contributed by atoms with van der Waals surface area (Å²) < 4.78 is 2.01. The summed E-state index contributed by atoms with van der Waals surface area (Å²) in [5.74, 6) is 2.32. The molecule has 2 aliphatic rings. The van der Waals surface area contributed by atoms with Gasteiger partial charge in [-0.3, -0.25) is 9.36 Å². The zero-order valence-electron chi connectivity index (χ0n) is 20.1. The van der Waals surface area contributed by atoms with Gasteiger partial charge in [-0.1, -0.05) is 36.4 Å². The highest BCUT2D eigenvalue weighted by Gasteiger charge is 2.35. The Morgan fingerprint density at radius 3 is 2.56 bits per heavy atom. The Hall–Kier alpha value is -4.26. The lowest BCUT2D eigenvalue weighted by molar-refractivity contribution is -0.125. The average molecular weight is 477 g/mol. The average Bonchev–Trinajstić information content (AvgIpc) is 3.49. The van der Waals surface area contributed by atoms with Crippen molar-refractivity contribution in [3.63, 3.8) is 0 Å². The number of hydrogen-bond donors (Lipinski definition) is 2. The zero-order chi connectivity index (χ0) is 24.6. The molecule has 2 atom stereocenters. The van der Waals surface area contributed by atoms with Crippen LogP contribution in [-0.2, 0) is 11.3 Å². The van der Waals surface area contributed by atoms with Crippen molar-refractivity contribution in [1.82, 2.24) is 24.8 Å². The topological polar surface area (TPSA) is 98.7 Å². The van der Waals surface area contributed by atoms with Crippen LogP contribution in [0.15, 0.2) is 79.2 Å². The molecule has 3 heterocycles. The molecule has 4 aromatic rings. The van der Waals surface area contributed by atoms with Crippen LogP contribution >= 0.6 is 0 Å². The van der Waals surface area contributed by atoms with Gasteiger partial charge in [0.2, 0.25) is 5.91 Å². The number of amides is 1. The van der Waals surface area contributed by atoms with Crippen molar-refractivity contribution in [3.8, 4) is 17.1 Å². The lowest BCUT2D eigenvalue weighted by Crippen LogP contribution is -2.29. The third-order valence-electron chi connectivity index (χ3n) is 7.24. The number of rotatable bonds is 5. The number of hydrogen-bond acceptors (Lipinski definition) is 5. The molecule has 7 heteroatoms. The molecule has 0 spiro atoms. The van der Waals surface area contributed by atoms with Crippen molar-refractivity contribution in [3.05, 3.63) is 90.3 Å². The summed E-state index contributed by atoms with van der Waals surface area (Å²) >= 11 is 0. The van der Waals surface area contributed by atoms with Gasteiger partial charge < -0.3 is 11.1 Å². The third-order valence-corrected chi connectivity index (χ3v) is 7.24. The maximum Gasteiger partial charge on any atom is 0.223 e. The summed E-state index contributed by atoms with van der Waals surface area (Å²) in [6.45, 7) is 2.50. The van der Waals surface area contributed by atoms with Crippen LogP contribution < -0.4 is 11.1 Å². The first kappa shape index (κ1) is 22.2. The van der Waals surface area contributed by atoms with Crippen LogP contribution in [0.4, 0.5) is 5.82 Å². The van der Waals surface area contributed by atoms with Crippen molar-refractivity contribution in [1.29, 1.82) is 0 Å². The van der Waals surface area contributed by atoms with Gasteiger partial charge in [-0.2, -0.15) is 0 Å². The van der Waals surface area contributed by atoms with E-state index in [9.17, 15) is 4.79 Å². The molecule has 1 amide bonds. The van der Waals surface area contributed by atoms with Crippen LogP contribution in [0.3, 0.4) is 0 Å². The van der Waals surface area contributed by atoms with Gasteiger partial charge in [-0.05, 0) is 73.1 Å². The lowest BCUT2D eigenvalue weighted by atomic mass is 9.92. The zero-order valence-corrected chi connectivity index (χ0v) is 20.1. The first-order valence-corrected chi connectivity index (χ1v) is 12.3. The number of allylic oxidation sites excluding steroid dienone is 4. The maximum absolute atomic E-state index is 12.8. The van der Waals surface area contributed by atoms with Crippen molar-refractivity contribution in [2.24, 2.45) is 17.8 Å². The van der Waals surface area contributed by atoms with Crippen LogP contribution in [0.5, 0.6) is 0 Å². The quantitative estimate of drug-likeness (QED) is 0.433. The molecule has 2 unspecified atom stereocenters. The normalized spacial score (nSPS) is 20.5. The van der Waals surface area contributed by atoms with E-state index in [0.717, 1.165) is 46.4 Å². The standard InChI is InChI=1S/C29H28N6O/c1-18-13-25-28(32-16-18)35(27(34-25)24-7-4-12-31-26(24)30)23-10-8-19(9-11-23)17-33-29(36)22-14-20-5-2-3-6-21(20)15-22/h2-13,16,20-22H,14-15,17H2,1H3,(H2,30,31)(H,33,36). The van der Waals surface area contributed by atoms with Gasteiger partial charge in [-0.25, -0.2) is 15.0 Å². The Labute approximate surface area is 209 Å². The van der Waals surface area contributed by atoms with Crippen molar-refractivity contribution < 1.29 is 4.79 Å². The smallest absolute Gasteiger partial charge is 0.223 e. The largest absolute Gasteiger partial charge is 0.383 e. The first-order valence-electron chi connectivity index (χ1n) is 12.3. The molecule has 1 saturated carbocycles. The number of aryl methyl sites for hydroxylation is 1. The minimum Gasteiger partial charge on any atom is -0.383 e. The van der Waals surface area contributed by atoms with E-state index in [1.54, 1.807) is 6.20 Å². The number of aromatic nitrogens is 4. The molecule has 3 aromatic heterocycles. The Balaban J connectivity index is 1.24. The monoisotopic (exact) mass is 476 g/mol. The Morgan fingerprint density at radius 1 is 1.08 bits per heavy atom. The number of nitrogens with zero attached hydrogens (tertiary/aromatic N) is 4. The summed E-state index contributed by atoms with van der Waals surface area (Å²) in [5.41, 5.74) is 11.5. The van der Waals surface area contributed by atoms with Crippen LogP contribution in [0, 0.1) is 24.7 Å². The second kappa shape index (κ2) is 9.07. The number of pyridine rings is 2. The van der Waals surface area contributed by atoms with Crippen LogP contribution in [0.2, 0.25) is 0 Å². The molecule has 3 N–H and O–H groups in total. The Morgan fingerprint density at radius 2 is 1.83 bits per heavy atom. The molecule has 1 fully saturated rings. The van der Waals surface area contributed by atoms with E-state index in [1.165, 1.54) is 0 Å². The predicted octanol–water partition coefficient (Wildman–Crippen LogP) is 4.76. The minimum absolute atomic E-state index is 0.0750. The number of fused-ring (bicyclic) bond motifs is 2. The van der Waals surface area contributed by atoms with Crippen LogP contribution in [0.1, 0.15) is 24.0 Å². The van der Waals surface area contributed by atoms with E-state index in [0.29, 0.717) is 30.0 Å². The molecular weight excluding hydrogens is 448 g/mol. The first-order chi connectivity index (χ1) is 17.6. The Bertz CT molecular complexity index is 1480. The molecule has 0 radical (unpaired) electrons. The van der Waals surface area contributed by atoms with Gasteiger partial charge in [-0.15, -0.1) is 0 Å². The van der Waals surface area contributed by atoms with Crippen molar-refractivity contribution in [2.45, 2.75) is 26.3 Å². The van der Waals surface area contributed by atoms with Gasteiger partial charge in [0.1, 0.15) is 11.3 Å². The maximum atomic E-state index is 12.8. The van der Waals surface area contributed by atoms with Gasteiger partial charge in [0.05, 0.1) is 5.56 Å². The molecule has 6 rings (SSSR count). The number of carbonyl (C=O) groups is 1. The van der Waals surface area contributed by atoms with E-state index in [2.05, 4.69) is 39.6 Å². The summed E-state index contributed by atoms with van der Waals surface area (Å²) in [6, 6.07) is 13.9. The molecule has 0 bridgehead atoms. The number of imidazole rings is 1. The minimum atomic E-state index is 0.0750. The molecule has 0 saturated heterocycles. The predicted molar refractivity (Wildman–Crippen MR) is 141 cm³/mol. The second-order valence-corrected chi connectivity index (χ2v) is 9.71. The van der Waals surface area contributed by atoms with Gasteiger partial charge in [0.25, 0.3) is 0 Å². The number of nitrogens with one attached hydrogen (secondary N) is 1. The van der Waals surface area contributed by atoms with Gasteiger partial charge >= 0.3 is 0 Å². The highest BCUT2D eigenvalue weighted by Crippen LogP contribution is 2.40. The summed E-state index contributed by atoms with van der Waals surface area (Å²) in [7, 11) is 0. The lowest BCUT2D eigenvalue weighted by Gasteiger charge is -2.13. The fraction of sp³-hybridized carbons (Fsp3) is 0.241. The second-order valence-electron chi connectivity index (χ2n) is 9.71. The number of nitrogens with two attached hydrogens (primary N) is 1. The summed E-state index contributed by atoms with van der Waals surface area (Å²) in [5, 5.41) is 3.14. The van der Waals surface area contributed by atoms with E-state index in [4.69, 9.17) is 10.7 Å². The molecular formula is C29H28N6O. The van der Waals surface area contributed by atoms with Gasteiger partial charge in [0, 0.05) is 30.5 Å². The number of anilines is 1. The number of nitrogen functional groups attached to an aromatic ring is 1. The van der Waals surface area contributed by atoms with E-state index in [1.807, 2.05) is 60.2 Å². The molecule has 1 aromatic carbocycles. The highest BCUT2D eigenvalue weighted by atomic mass is 16.1. The van der Waals surface area contributed by atoms with Gasteiger partial charge in [0.15, 0.2) is 11.5 Å². The van der Waals surface area contributed by atoms with Crippen molar-refractivity contribution in [2.75, 3.05) is 5.73 Å². The fourth-order valence-corrected chi connectivity index (χ4v) is 5.37. The highest BCUT2D eigenvalue weighted by molar-refractivity contribution is 5.83. The Kier molecular flexibility index (Phi) is 5.60. The molecule has 36 heavy (non-hydrogen) atoms. The van der Waals surface area contributed by atoms with Crippen molar-refractivity contribution >= 4 is 22.9 Å². The fourth-order valence-electron chi connectivity index (χ4n) is 5.37.